The van der Waals surface area contributed by atoms with E-state index in [4.69, 9.17) is 9.47 Å². The second kappa shape index (κ2) is 4.91. The second-order valence-electron chi connectivity index (χ2n) is 4.60. The molecular weight excluding hydrogens is 178 g/mol. The molecule has 1 aliphatic rings. The molecule has 1 N–H and O–H groups in total. The van der Waals surface area contributed by atoms with Gasteiger partial charge in [0.15, 0.2) is 0 Å². The van der Waals surface area contributed by atoms with Crippen LogP contribution in [0, 0.1) is 0 Å². The summed E-state index contributed by atoms with van der Waals surface area (Å²) in [6.07, 6.45) is 0.165. The van der Waals surface area contributed by atoms with Crippen LogP contribution in [0.25, 0.3) is 0 Å². The van der Waals surface area contributed by atoms with Crippen molar-refractivity contribution in [1.82, 2.24) is 5.32 Å². The van der Waals surface area contributed by atoms with Crippen LogP contribution in [0.15, 0.2) is 12.2 Å². The van der Waals surface area contributed by atoms with E-state index < -0.39 is 0 Å². The Bertz CT molecular complexity index is 201. The first kappa shape index (κ1) is 11.7. The Morgan fingerprint density at radius 1 is 1.64 bits per heavy atom. The zero-order chi connectivity index (χ0) is 10.6. The SMILES string of the molecule is C=C(C)COCC1CNCC(C)(C)O1. The predicted molar refractivity (Wildman–Crippen MR) is 57.5 cm³/mol. The monoisotopic (exact) mass is 199 g/mol. The van der Waals surface area contributed by atoms with Crippen molar-refractivity contribution in [2.75, 3.05) is 26.3 Å². The summed E-state index contributed by atoms with van der Waals surface area (Å²) in [5.74, 6) is 0. The van der Waals surface area contributed by atoms with Crippen LogP contribution < -0.4 is 5.32 Å². The summed E-state index contributed by atoms with van der Waals surface area (Å²) >= 11 is 0. The van der Waals surface area contributed by atoms with Crippen molar-refractivity contribution < 1.29 is 9.47 Å². The zero-order valence-corrected chi connectivity index (χ0v) is 9.43. The molecule has 1 fully saturated rings. The molecule has 0 aromatic carbocycles. The molecule has 14 heavy (non-hydrogen) atoms. The zero-order valence-electron chi connectivity index (χ0n) is 9.43. The minimum Gasteiger partial charge on any atom is -0.374 e. The molecule has 82 valence electrons. The lowest BCUT2D eigenvalue weighted by molar-refractivity contribution is -0.118. The van der Waals surface area contributed by atoms with Gasteiger partial charge in [-0.2, -0.15) is 0 Å². The minimum atomic E-state index is -0.0739. The van der Waals surface area contributed by atoms with Crippen LogP contribution in [0.1, 0.15) is 20.8 Å². The van der Waals surface area contributed by atoms with Gasteiger partial charge in [-0.1, -0.05) is 12.2 Å². The Kier molecular flexibility index (Phi) is 4.11. The van der Waals surface area contributed by atoms with Gasteiger partial charge in [-0.15, -0.1) is 0 Å². The van der Waals surface area contributed by atoms with Crippen LogP contribution in [0.4, 0.5) is 0 Å². The van der Waals surface area contributed by atoms with Crippen molar-refractivity contribution in [3.05, 3.63) is 12.2 Å². The standard InChI is InChI=1S/C11H21NO2/c1-9(2)6-13-7-10-5-12-8-11(3,4)14-10/h10,12H,1,5-8H2,2-4H3. The van der Waals surface area contributed by atoms with E-state index in [1.54, 1.807) is 0 Å². The summed E-state index contributed by atoms with van der Waals surface area (Å²) in [6, 6.07) is 0. The average molecular weight is 199 g/mol. The van der Waals surface area contributed by atoms with E-state index in [0.717, 1.165) is 18.7 Å². The summed E-state index contributed by atoms with van der Waals surface area (Å²) in [6.45, 7) is 13.0. The van der Waals surface area contributed by atoms with Crippen LogP contribution in [0.5, 0.6) is 0 Å². The van der Waals surface area contributed by atoms with E-state index >= 15 is 0 Å². The van der Waals surface area contributed by atoms with Crippen LogP contribution in [0.2, 0.25) is 0 Å². The molecule has 1 heterocycles. The number of morpholine rings is 1. The van der Waals surface area contributed by atoms with Crippen molar-refractivity contribution in [2.24, 2.45) is 0 Å². The predicted octanol–water partition coefficient (Wildman–Crippen LogP) is 1.35. The molecule has 1 rings (SSSR count). The highest BCUT2D eigenvalue weighted by atomic mass is 16.5. The molecular formula is C11H21NO2. The van der Waals surface area contributed by atoms with E-state index in [9.17, 15) is 0 Å². The largest absolute Gasteiger partial charge is 0.374 e. The van der Waals surface area contributed by atoms with Gasteiger partial charge in [-0.25, -0.2) is 0 Å². The van der Waals surface area contributed by atoms with E-state index in [-0.39, 0.29) is 11.7 Å². The van der Waals surface area contributed by atoms with E-state index in [1.807, 2.05) is 6.92 Å². The topological polar surface area (TPSA) is 30.5 Å². The second-order valence-corrected chi connectivity index (χ2v) is 4.60. The lowest BCUT2D eigenvalue weighted by Crippen LogP contribution is -2.51. The van der Waals surface area contributed by atoms with Crippen molar-refractivity contribution >= 4 is 0 Å². The van der Waals surface area contributed by atoms with Crippen LogP contribution in [-0.2, 0) is 9.47 Å². The van der Waals surface area contributed by atoms with E-state index in [2.05, 4.69) is 25.7 Å². The van der Waals surface area contributed by atoms with Gasteiger partial charge in [-0.3, -0.25) is 0 Å². The molecule has 1 aliphatic heterocycles. The Hall–Kier alpha value is -0.380. The van der Waals surface area contributed by atoms with Gasteiger partial charge in [0.2, 0.25) is 0 Å². The van der Waals surface area contributed by atoms with Crippen molar-refractivity contribution in [3.8, 4) is 0 Å². The number of nitrogens with one attached hydrogen (secondary N) is 1. The molecule has 1 saturated heterocycles. The normalized spacial score (nSPS) is 26.1. The highest BCUT2D eigenvalue weighted by molar-refractivity contribution is 4.88. The maximum atomic E-state index is 5.84. The Morgan fingerprint density at radius 2 is 2.36 bits per heavy atom. The molecule has 0 radical (unpaired) electrons. The van der Waals surface area contributed by atoms with Crippen LogP contribution >= 0.6 is 0 Å². The van der Waals surface area contributed by atoms with Crippen molar-refractivity contribution in [3.63, 3.8) is 0 Å². The fourth-order valence-corrected chi connectivity index (χ4v) is 1.53. The van der Waals surface area contributed by atoms with Gasteiger partial charge >= 0.3 is 0 Å². The smallest absolute Gasteiger partial charge is 0.0940 e. The maximum absolute atomic E-state index is 5.84. The Morgan fingerprint density at radius 3 is 2.93 bits per heavy atom. The molecule has 0 spiro atoms. The molecule has 3 nitrogen and oxygen atoms in total. The number of rotatable bonds is 4. The highest BCUT2D eigenvalue weighted by Gasteiger charge is 2.28. The third-order valence-corrected chi connectivity index (χ3v) is 2.06. The summed E-state index contributed by atoms with van der Waals surface area (Å²) in [5, 5.41) is 3.34. The molecule has 0 aromatic rings. The first-order valence-corrected chi connectivity index (χ1v) is 5.10. The number of ether oxygens (including phenoxy) is 2. The molecule has 0 saturated carbocycles. The lowest BCUT2D eigenvalue weighted by atomic mass is 10.1. The Labute approximate surface area is 86.5 Å². The lowest BCUT2D eigenvalue weighted by Gasteiger charge is -2.36. The molecule has 0 amide bonds. The molecule has 0 aromatic heterocycles. The van der Waals surface area contributed by atoms with Gasteiger partial charge in [-0.05, 0) is 20.8 Å². The quantitative estimate of drug-likeness (QED) is 0.693. The molecule has 1 unspecified atom stereocenters. The summed E-state index contributed by atoms with van der Waals surface area (Å²) in [7, 11) is 0. The van der Waals surface area contributed by atoms with Crippen molar-refractivity contribution in [1.29, 1.82) is 0 Å². The summed E-state index contributed by atoms with van der Waals surface area (Å²) in [4.78, 5) is 0. The van der Waals surface area contributed by atoms with Gasteiger partial charge in [0.05, 0.1) is 24.9 Å². The number of hydrogen-bond acceptors (Lipinski definition) is 3. The van der Waals surface area contributed by atoms with Gasteiger partial charge in [0.1, 0.15) is 0 Å². The van der Waals surface area contributed by atoms with Gasteiger partial charge in [0.25, 0.3) is 0 Å². The third-order valence-electron chi connectivity index (χ3n) is 2.06. The average Bonchev–Trinajstić information content (AvgIpc) is 2.01. The summed E-state index contributed by atoms with van der Waals surface area (Å²) in [5.41, 5.74) is 0.975. The fourth-order valence-electron chi connectivity index (χ4n) is 1.53. The van der Waals surface area contributed by atoms with E-state index in [0.29, 0.717) is 13.2 Å². The van der Waals surface area contributed by atoms with Crippen LogP contribution in [0.3, 0.4) is 0 Å². The molecule has 1 atom stereocenters. The highest BCUT2D eigenvalue weighted by Crippen LogP contribution is 2.15. The van der Waals surface area contributed by atoms with Crippen molar-refractivity contribution in [2.45, 2.75) is 32.5 Å². The van der Waals surface area contributed by atoms with Crippen LogP contribution in [-0.4, -0.2) is 38.0 Å². The minimum absolute atomic E-state index is 0.0739. The molecule has 3 heteroatoms. The van der Waals surface area contributed by atoms with Gasteiger partial charge in [0, 0.05) is 13.1 Å². The Balaban J connectivity index is 2.21. The maximum Gasteiger partial charge on any atom is 0.0940 e. The molecule has 0 aliphatic carbocycles. The fraction of sp³-hybridized carbons (Fsp3) is 0.818. The third kappa shape index (κ3) is 4.22. The van der Waals surface area contributed by atoms with Gasteiger partial charge < -0.3 is 14.8 Å². The molecule has 0 bridgehead atoms. The van der Waals surface area contributed by atoms with E-state index in [1.165, 1.54) is 0 Å². The summed E-state index contributed by atoms with van der Waals surface area (Å²) < 4.78 is 11.3. The number of hydrogen-bond donors (Lipinski definition) is 1. The first-order chi connectivity index (χ1) is 6.49. The first-order valence-electron chi connectivity index (χ1n) is 5.10.